The van der Waals surface area contributed by atoms with Crippen LogP contribution in [0.2, 0.25) is 0 Å². The number of esters is 1. The quantitative estimate of drug-likeness (QED) is 0.395. The number of ether oxygens (including phenoxy) is 1. The highest BCUT2D eigenvalue weighted by molar-refractivity contribution is 6.06. The molecule has 0 atom stereocenters. The van der Waals surface area contributed by atoms with Gasteiger partial charge in [0.25, 0.3) is 0 Å². The van der Waals surface area contributed by atoms with Crippen molar-refractivity contribution < 1.29 is 19.4 Å². The monoisotopic (exact) mass is 308 g/mol. The molecule has 1 N–H and O–H groups in total. The van der Waals surface area contributed by atoms with E-state index in [-0.39, 0.29) is 11.5 Å². The number of carbonyl (C=O) groups excluding carboxylic acids is 2. The first kappa shape index (κ1) is 16.2. The molecule has 4 nitrogen and oxygen atoms in total. The Labute approximate surface area is 134 Å². The van der Waals surface area contributed by atoms with E-state index in [1.54, 1.807) is 61.5 Å². The zero-order valence-electron chi connectivity index (χ0n) is 12.7. The van der Waals surface area contributed by atoms with E-state index >= 15 is 0 Å². The minimum Gasteiger partial charge on any atom is -0.508 e. The fourth-order valence-electron chi connectivity index (χ4n) is 1.73. The second-order valence-electron chi connectivity index (χ2n) is 4.98. The highest BCUT2D eigenvalue weighted by Gasteiger charge is 2.06. The number of ketones is 1. The van der Waals surface area contributed by atoms with Gasteiger partial charge in [0.05, 0.1) is 0 Å². The predicted molar refractivity (Wildman–Crippen MR) is 88.4 cm³/mol. The number of allylic oxidation sites excluding steroid dienone is 1. The van der Waals surface area contributed by atoms with E-state index in [9.17, 15) is 14.7 Å². The highest BCUT2D eigenvalue weighted by Crippen LogP contribution is 2.15. The van der Waals surface area contributed by atoms with Crippen molar-refractivity contribution in [2.45, 2.75) is 6.92 Å². The van der Waals surface area contributed by atoms with Crippen LogP contribution in [0.15, 0.2) is 66.8 Å². The molecule has 0 unspecified atom stereocenters. The molecule has 0 heterocycles. The maximum absolute atomic E-state index is 12.1. The zero-order valence-corrected chi connectivity index (χ0v) is 12.7. The minimum atomic E-state index is -0.503. The van der Waals surface area contributed by atoms with Gasteiger partial charge in [-0.2, -0.15) is 0 Å². The van der Waals surface area contributed by atoms with Crippen LogP contribution in [0, 0.1) is 0 Å². The van der Waals surface area contributed by atoms with Gasteiger partial charge in [0.1, 0.15) is 11.5 Å². The van der Waals surface area contributed by atoms with Crippen LogP contribution in [0.3, 0.4) is 0 Å². The van der Waals surface area contributed by atoms with Gasteiger partial charge in [-0.3, -0.25) is 4.79 Å². The molecule has 0 aromatic heterocycles. The Morgan fingerprint density at radius 3 is 2.22 bits per heavy atom. The molecule has 0 spiro atoms. The number of phenols is 1. The molecular formula is C19H16O4. The number of hydrogen-bond acceptors (Lipinski definition) is 4. The van der Waals surface area contributed by atoms with Gasteiger partial charge in [0.15, 0.2) is 5.78 Å². The van der Waals surface area contributed by atoms with E-state index in [2.05, 4.69) is 6.58 Å². The summed E-state index contributed by atoms with van der Waals surface area (Å²) >= 11 is 0. The second kappa shape index (κ2) is 7.22. The lowest BCUT2D eigenvalue weighted by Crippen LogP contribution is -2.08. The first-order valence-corrected chi connectivity index (χ1v) is 6.95. The van der Waals surface area contributed by atoms with E-state index in [1.807, 2.05) is 0 Å². The van der Waals surface area contributed by atoms with Gasteiger partial charge in [-0.05, 0) is 55.0 Å². The smallest absolute Gasteiger partial charge is 0.338 e. The third kappa shape index (κ3) is 4.68. The first-order valence-electron chi connectivity index (χ1n) is 6.95. The van der Waals surface area contributed by atoms with E-state index in [0.717, 1.165) is 5.56 Å². The Kier molecular flexibility index (Phi) is 5.10. The molecule has 23 heavy (non-hydrogen) atoms. The van der Waals surface area contributed by atoms with Crippen LogP contribution < -0.4 is 4.74 Å². The number of carbonyl (C=O) groups is 2. The molecule has 2 rings (SSSR count). The number of hydrogen-bond donors (Lipinski definition) is 1. The van der Waals surface area contributed by atoms with Crippen LogP contribution in [0.4, 0.5) is 0 Å². The molecule has 0 aliphatic rings. The summed E-state index contributed by atoms with van der Waals surface area (Å²) in [5.74, 6) is -0.141. The van der Waals surface area contributed by atoms with E-state index in [4.69, 9.17) is 4.74 Å². The van der Waals surface area contributed by atoms with Crippen molar-refractivity contribution >= 4 is 17.8 Å². The fourth-order valence-corrected chi connectivity index (χ4v) is 1.73. The van der Waals surface area contributed by atoms with Gasteiger partial charge in [0, 0.05) is 11.1 Å². The average molecular weight is 308 g/mol. The van der Waals surface area contributed by atoms with E-state index in [1.165, 1.54) is 6.08 Å². The largest absolute Gasteiger partial charge is 0.508 e. The summed E-state index contributed by atoms with van der Waals surface area (Å²) in [6, 6.07) is 12.8. The number of phenolic OH excluding ortho intramolecular Hbond substituents is 1. The minimum absolute atomic E-state index is 0.171. The molecule has 0 aliphatic carbocycles. The van der Waals surface area contributed by atoms with Gasteiger partial charge in [-0.25, -0.2) is 4.79 Å². The summed E-state index contributed by atoms with van der Waals surface area (Å²) < 4.78 is 5.06. The molecule has 116 valence electrons. The Morgan fingerprint density at radius 2 is 1.65 bits per heavy atom. The highest BCUT2D eigenvalue weighted by atomic mass is 16.5. The Hall–Kier alpha value is -3.14. The van der Waals surface area contributed by atoms with Crippen molar-refractivity contribution in [2.75, 3.05) is 0 Å². The molecule has 2 aromatic rings. The molecular weight excluding hydrogens is 292 g/mol. The predicted octanol–water partition coefficient (Wildman–Crippen LogP) is 3.77. The maximum atomic E-state index is 12.1. The van der Waals surface area contributed by atoms with Crippen molar-refractivity contribution in [3.8, 4) is 11.5 Å². The zero-order chi connectivity index (χ0) is 16.8. The fraction of sp³-hybridized carbons (Fsp3) is 0.0526. The summed E-state index contributed by atoms with van der Waals surface area (Å²) in [4.78, 5) is 23.5. The molecule has 0 saturated heterocycles. The Morgan fingerprint density at radius 1 is 1.04 bits per heavy atom. The molecule has 0 radical (unpaired) electrons. The number of aromatic hydroxyl groups is 1. The summed E-state index contributed by atoms with van der Waals surface area (Å²) in [7, 11) is 0. The van der Waals surface area contributed by atoms with Gasteiger partial charge in [-0.1, -0.05) is 24.8 Å². The maximum Gasteiger partial charge on any atom is 0.338 e. The molecule has 0 aliphatic heterocycles. The Bertz CT molecular complexity index is 753. The van der Waals surface area contributed by atoms with Crippen LogP contribution in [-0.2, 0) is 4.79 Å². The third-order valence-corrected chi connectivity index (χ3v) is 3.02. The molecule has 0 saturated carbocycles. The van der Waals surface area contributed by atoms with Gasteiger partial charge in [-0.15, -0.1) is 0 Å². The van der Waals surface area contributed by atoms with E-state index < -0.39 is 5.97 Å². The lowest BCUT2D eigenvalue weighted by Gasteiger charge is -2.04. The number of benzene rings is 2. The lowest BCUT2D eigenvalue weighted by atomic mass is 10.1. The van der Waals surface area contributed by atoms with Gasteiger partial charge >= 0.3 is 5.97 Å². The summed E-state index contributed by atoms with van der Waals surface area (Å²) in [5, 5.41) is 9.20. The van der Waals surface area contributed by atoms with Crippen LogP contribution in [-0.4, -0.2) is 16.9 Å². The Balaban J connectivity index is 2.04. The topological polar surface area (TPSA) is 63.6 Å². The van der Waals surface area contributed by atoms with Crippen molar-refractivity contribution in [3.05, 3.63) is 77.9 Å². The van der Waals surface area contributed by atoms with Gasteiger partial charge < -0.3 is 9.84 Å². The van der Waals surface area contributed by atoms with Crippen molar-refractivity contribution in [1.29, 1.82) is 0 Å². The average Bonchev–Trinajstić information content (AvgIpc) is 2.54. The standard InChI is InChI=1S/C19H16O4/c1-13(2)19(22)23-17-10-6-15(7-11-17)18(21)12-5-14-3-8-16(20)9-4-14/h3-12,20H,1H2,2H3/b12-5+. The summed E-state index contributed by atoms with van der Waals surface area (Å²) in [6.45, 7) is 5.07. The SMILES string of the molecule is C=C(C)C(=O)Oc1ccc(C(=O)/C=C/c2ccc(O)cc2)cc1. The molecule has 0 amide bonds. The van der Waals surface area contributed by atoms with Crippen molar-refractivity contribution in [3.63, 3.8) is 0 Å². The summed E-state index contributed by atoms with van der Waals surface area (Å²) in [5.41, 5.74) is 1.60. The van der Waals surface area contributed by atoms with Crippen LogP contribution in [0.1, 0.15) is 22.8 Å². The van der Waals surface area contributed by atoms with Crippen LogP contribution >= 0.6 is 0 Å². The van der Waals surface area contributed by atoms with Crippen molar-refractivity contribution in [2.24, 2.45) is 0 Å². The normalized spacial score (nSPS) is 10.5. The van der Waals surface area contributed by atoms with Gasteiger partial charge in [0.2, 0.25) is 0 Å². The second-order valence-corrected chi connectivity index (χ2v) is 4.98. The lowest BCUT2D eigenvalue weighted by molar-refractivity contribution is -0.130. The van der Waals surface area contributed by atoms with Crippen LogP contribution in [0.25, 0.3) is 6.08 Å². The molecule has 0 fully saturated rings. The number of rotatable bonds is 5. The summed E-state index contributed by atoms with van der Waals surface area (Å²) in [6.07, 6.45) is 3.11. The first-order chi connectivity index (χ1) is 11.0. The van der Waals surface area contributed by atoms with Crippen molar-refractivity contribution in [1.82, 2.24) is 0 Å². The van der Waals surface area contributed by atoms with E-state index in [0.29, 0.717) is 16.9 Å². The molecule has 0 bridgehead atoms. The molecule has 2 aromatic carbocycles. The van der Waals surface area contributed by atoms with Crippen LogP contribution in [0.5, 0.6) is 11.5 Å². The third-order valence-electron chi connectivity index (χ3n) is 3.02. The molecule has 4 heteroatoms.